The van der Waals surface area contributed by atoms with Crippen LogP contribution in [0.3, 0.4) is 0 Å². The summed E-state index contributed by atoms with van der Waals surface area (Å²) in [6.07, 6.45) is 2.70. The second kappa shape index (κ2) is 7.51. The predicted molar refractivity (Wildman–Crippen MR) is 95.6 cm³/mol. The Hall–Kier alpha value is -3.01. The zero-order chi connectivity index (χ0) is 16.8. The summed E-state index contributed by atoms with van der Waals surface area (Å²) >= 11 is 0. The van der Waals surface area contributed by atoms with Crippen LogP contribution in [-0.4, -0.2) is 15.9 Å². The second-order valence-electron chi connectivity index (χ2n) is 5.46. The van der Waals surface area contributed by atoms with Gasteiger partial charge in [-0.1, -0.05) is 61.5 Å². The topological polar surface area (TPSA) is 54.9 Å². The molecule has 0 unspecified atom stereocenters. The minimum Gasteiger partial charge on any atom is -0.310 e. The number of amides is 1. The average molecular weight is 317 g/mol. The fourth-order valence-electron chi connectivity index (χ4n) is 2.57. The molecule has 4 heteroatoms. The van der Waals surface area contributed by atoms with Crippen LogP contribution in [0, 0.1) is 0 Å². The van der Waals surface area contributed by atoms with Crippen molar-refractivity contribution in [3.05, 3.63) is 78.2 Å². The van der Waals surface area contributed by atoms with Gasteiger partial charge in [-0.2, -0.15) is 0 Å². The van der Waals surface area contributed by atoms with Crippen LogP contribution >= 0.6 is 0 Å². The van der Waals surface area contributed by atoms with Crippen molar-refractivity contribution < 1.29 is 4.79 Å². The second-order valence-corrected chi connectivity index (χ2v) is 5.46. The number of anilines is 1. The van der Waals surface area contributed by atoms with E-state index < -0.39 is 0 Å². The highest BCUT2D eigenvalue weighted by Gasteiger charge is 2.10. The summed E-state index contributed by atoms with van der Waals surface area (Å²) in [6.45, 7) is 1.98. The number of hydrogen-bond donors (Lipinski definition) is 1. The molecule has 3 rings (SSSR count). The van der Waals surface area contributed by atoms with E-state index in [0.29, 0.717) is 12.2 Å². The molecule has 2 aromatic carbocycles. The summed E-state index contributed by atoms with van der Waals surface area (Å²) in [6, 6.07) is 19.8. The van der Waals surface area contributed by atoms with Gasteiger partial charge in [-0.3, -0.25) is 4.79 Å². The maximum atomic E-state index is 12.4. The van der Waals surface area contributed by atoms with Crippen LogP contribution in [-0.2, 0) is 17.6 Å². The molecule has 4 nitrogen and oxygen atoms in total. The molecule has 0 bridgehead atoms. The molecule has 0 aliphatic heterocycles. The summed E-state index contributed by atoms with van der Waals surface area (Å²) in [5, 5.41) is 2.85. The number of benzene rings is 2. The quantitative estimate of drug-likeness (QED) is 0.777. The van der Waals surface area contributed by atoms with E-state index in [4.69, 9.17) is 0 Å². The van der Waals surface area contributed by atoms with Crippen LogP contribution < -0.4 is 5.32 Å². The molecule has 1 heterocycles. The van der Waals surface area contributed by atoms with Crippen LogP contribution in [0.4, 0.5) is 5.82 Å². The Morgan fingerprint density at radius 3 is 2.54 bits per heavy atom. The lowest BCUT2D eigenvalue weighted by atomic mass is 9.97. The lowest BCUT2D eigenvalue weighted by Gasteiger charge is -2.10. The van der Waals surface area contributed by atoms with Gasteiger partial charge < -0.3 is 5.32 Å². The molecule has 0 saturated carbocycles. The summed E-state index contributed by atoms with van der Waals surface area (Å²) < 4.78 is 0. The molecular weight excluding hydrogens is 298 g/mol. The van der Waals surface area contributed by atoms with Crippen molar-refractivity contribution in [2.75, 3.05) is 5.32 Å². The van der Waals surface area contributed by atoms with Crippen molar-refractivity contribution in [1.82, 2.24) is 9.97 Å². The zero-order valence-corrected chi connectivity index (χ0v) is 13.6. The van der Waals surface area contributed by atoms with Gasteiger partial charge in [0.25, 0.3) is 0 Å². The molecule has 0 saturated heterocycles. The number of nitrogens with zero attached hydrogens (tertiary/aromatic N) is 2. The molecule has 0 aliphatic rings. The van der Waals surface area contributed by atoms with Crippen LogP contribution in [0.25, 0.3) is 11.1 Å². The van der Waals surface area contributed by atoms with Crippen LogP contribution in [0.1, 0.15) is 18.3 Å². The van der Waals surface area contributed by atoms with Gasteiger partial charge >= 0.3 is 0 Å². The molecule has 1 N–H and O–H groups in total. The van der Waals surface area contributed by atoms with Crippen LogP contribution in [0.15, 0.2) is 66.9 Å². The molecule has 1 amide bonds. The number of rotatable bonds is 5. The van der Waals surface area contributed by atoms with Crippen molar-refractivity contribution in [2.45, 2.75) is 19.8 Å². The molecule has 0 atom stereocenters. The number of aromatic nitrogens is 2. The maximum absolute atomic E-state index is 12.4. The zero-order valence-electron chi connectivity index (χ0n) is 13.6. The lowest BCUT2D eigenvalue weighted by molar-refractivity contribution is -0.115. The highest BCUT2D eigenvalue weighted by molar-refractivity contribution is 5.92. The van der Waals surface area contributed by atoms with E-state index in [1.54, 1.807) is 12.3 Å². The number of carbonyl (C=O) groups is 1. The maximum Gasteiger partial charge on any atom is 0.229 e. The Morgan fingerprint density at radius 2 is 1.75 bits per heavy atom. The highest BCUT2D eigenvalue weighted by atomic mass is 16.1. The Balaban J connectivity index is 1.77. The van der Waals surface area contributed by atoms with E-state index in [9.17, 15) is 4.79 Å². The van der Waals surface area contributed by atoms with Crippen molar-refractivity contribution in [2.24, 2.45) is 0 Å². The Labute approximate surface area is 141 Å². The molecule has 0 radical (unpaired) electrons. The van der Waals surface area contributed by atoms with Gasteiger partial charge in [-0.05, 0) is 22.8 Å². The molecule has 0 fully saturated rings. The first kappa shape index (κ1) is 15.9. The van der Waals surface area contributed by atoms with E-state index in [2.05, 4.69) is 27.4 Å². The van der Waals surface area contributed by atoms with Crippen molar-refractivity contribution in [3.8, 4) is 11.1 Å². The third-order valence-electron chi connectivity index (χ3n) is 3.74. The highest BCUT2D eigenvalue weighted by Crippen LogP contribution is 2.24. The van der Waals surface area contributed by atoms with E-state index >= 15 is 0 Å². The Bertz CT molecular complexity index is 831. The first-order chi connectivity index (χ1) is 11.8. The average Bonchev–Trinajstić information content (AvgIpc) is 2.63. The van der Waals surface area contributed by atoms with E-state index in [1.165, 1.54) is 0 Å². The van der Waals surface area contributed by atoms with Gasteiger partial charge in [0.2, 0.25) is 5.91 Å². The molecule has 0 spiro atoms. The van der Waals surface area contributed by atoms with Crippen LogP contribution in [0.5, 0.6) is 0 Å². The summed E-state index contributed by atoms with van der Waals surface area (Å²) in [5.41, 5.74) is 3.17. The first-order valence-electron chi connectivity index (χ1n) is 8.01. The Morgan fingerprint density at radius 1 is 1.00 bits per heavy atom. The summed E-state index contributed by atoms with van der Waals surface area (Å²) in [7, 11) is 0. The van der Waals surface area contributed by atoms with Gasteiger partial charge in [0.1, 0.15) is 11.6 Å². The molecular formula is C20H19N3O. The minimum atomic E-state index is -0.0841. The largest absolute Gasteiger partial charge is 0.310 e. The minimum absolute atomic E-state index is 0.0841. The van der Waals surface area contributed by atoms with Crippen molar-refractivity contribution in [3.63, 3.8) is 0 Å². The summed E-state index contributed by atoms with van der Waals surface area (Å²) in [5.74, 6) is 1.18. The molecule has 3 aromatic rings. The molecule has 24 heavy (non-hydrogen) atoms. The van der Waals surface area contributed by atoms with Gasteiger partial charge in [0, 0.05) is 12.6 Å². The standard InChI is InChI=1S/C20H19N3O/c1-2-18-21-13-12-19(22-18)23-20(24)14-16-10-6-7-11-17(16)15-8-4-3-5-9-15/h3-13H,2,14H2,1H3,(H,21,22,23,24). The van der Waals surface area contributed by atoms with Crippen molar-refractivity contribution in [1.29, 1.82) is 0 Å². The fraction of sp³-hybridized carbons (Fsp3) is 0.150. The van der Waals surface area contributed by atoms with Gasteiger partial charge in [0.05, 0.1) is 6.42 Å². The van der Waals surface area contributed by atoms with E-state index in [0.717, 1.165) is 28.9 Å². The normalized spacial score (nSPS) is 10.4. The molecule has 1 aromatic heterocycles. The smallest absolute Gasteiger partial charge is 0.229 e. The molecule has 0 aliphatic carbocycles. The van der Waals surface area contributed by atoms with Gasteiger partial charge in [0.15, 0.2) is 0 Å². The number of hydrogen-bond acceptors (Lipinski definition) is 3. The third kappa shape index (κ3) is 3.84. The van der Waals surface area contributed by atoms with Gasteiger partial charge in [-0.25, -0.2) is 9.97 Å². The Kier molecular flexibility index (Phi) is 4.96. The first-order valence-corrected chi connectivity index (χ1v) is 8.01. The third-order valence-corrected chi connectivity index (χ3v) is 3.74. The number of carbonyl (C=O) groups excluding carboxylic acids is 1. The lowest BCUT2D eigenvalue weighted by Crippen LogP contribution is -2.16. The fourth-order valence-corrected chi connectivity index (χ4v) is 2.57. The molecule has 120 valence electrons. The predicted octanol–water partition coefficient (Wildman–Crippen LogP) is 3.89. The van der Waals surface area contributed by atoms with Crippen LogP contribution in [0.2, 0.25) is 0 Å². The van der Waals surface area contributed by atoms with E-state index in [1.807, 2.05) is 49.4 Å². The van der Waals surface area contributed by atoms with Gasteiger partial charge in [-0.15, -0.1) is 0 Å². The van der Waals surface area contributed by atoms with Crippen molar-refractivity contribution >= 4 is 11.7 Å². The number of aryl methyl sites for hydroxylation is 1. The van der Waals surface area contributed by atoms with E-state index in [-0.39, 0.29) is 5.91 Å². The monoisotopic (exact) mass is 317 g/mol. The SMILES string of the molecule is CCc1nccc(NC(=O)Cc2ccccc2-c2ccccc2)n1. The summed E-state index contributed by atoms with van der Waals surface area (Å²) in [4.78, 5) is 20.8. The number of nitrogens with one attached hydrogen (secondary N) is 1.